The molecule has 1 aromatic carbocycles. The molecule has 0 N–H and O–H groups in total. The molecule has 0 aromatic heterocycles. The van der Waals surface area contributed by atoms with Crippen molar-refractivity contribution in [2.45, 2.75) is 40.6 Å². The van der Waals surface area contributed by atoms with E-state index in [9.17, 15) is 4.79 Å². The normalized spacial score (nSPS) is 36.2. The Morgan fingerprint density at radius 3 is 2.76 bits per heavy atom. The first-order valence-electron chi connectivity index (χ1n) is 5.79. The summed E-state index contributed by atoms with van der Waals surface area (Å²) in [7, 11) is 0. The standard InChI is InChI=1S/C13H13ClO2S/c14-11-12-9(15)6-7-10(16-12)13(11)17-8-4-2-1-3-5-8/h1-5,10-13H,6-7H2/t10-,11-,12+,13-/m0/s1. The van der Waals surface area contributed by atoms with Gasteiger partial charge in [-0.2, -0.15) is 0 Å². The van der Waals surface area contributed by atoms with Crippen LogP contribution in [0.1, 0.15) is 12.8 Å². The maximum Gasteiger partial charge on any atom is 0.163 e. The molecule has 2 aliphatic heterocycles. The number of benzene rings is 1. The van der Waals surface area contributed by atoms with E-state index < -0.39 is 0 Å². The van der Waals surface area contributed by atoms with E-state index >= 15 is 0 Å². The Morgan fingerprint density at radius 2 is 2.06 bits per heavy atom. The van der Waals surface area contributed by atoms with Crippen LogP contribution in [-0.2, 0) is 9.53 Å². The number of hydrogen-bond donors (Lipinski definition) is 0. The van der Waals surface area contributed by atoms with Gasteiger partial charge in [-0.15, -0.1) is 23.4 Å². The Kier molecular flexibility index (Phi) is 3.16. The highest BCUT2D eigenvalue weighted by Gasteiger charge is 2.49. The van der Waals surface area contributed by atoms with Crippen LogP contribution in [0.5, 0.6) is 0 Å². The molecule has 2 aliphatic rings. The van der Waals surface area contributed by atoms with Crippen LogP contribution in [-0.4, -0.2) is 28.6 Å². The molecule has 4 heteroatoms. The minimum absolute atomic E-state index is 0.130. The quantitative estimate of drug-likeness (QED) is 0.772. The van der Waals surface area contributed by atoms with Gasteiger partial charge in [0.05, 0.1) is 16.7 Å². The SMILES string of the molecule is O=C1CC[C@@H]2O[C@H]1[C@H](Cl)[C@H]2Sc1ccccc1. The topological polar surface area (TPSA) is 26.3 Å². The van der Waals surface area contributed by atoms with Crippen LogP contribution in [0.2, 0.25) is 0 Å². The zero-order valence-electron chi connectivity index (χ0n) is 9.21. The van der Waals surface area contributed by atoms with Crippen molar-refractivity contribution in [2.24, 2.45) is 0 Å². The fourth-order valence-electron chi connectivity index (χ4n) is 2.43. The highest BCUT2D eigenvalue weighted by atomic mass is 35.5. The maximum absolute atomic E-state index is 11.6. The van der Waals surface area contributed by atoms with Crippen LogP contribution < -0.4 is 0 Å². The molecule has 2 saturated heterocycles. The Hall–Kier alpha value is -0.510. The number of thioether (sulfide) groups is 1. The fraction of sp³-hybridized carbons (Fsp3) is 0.462. The summed E-state index contributed by atoms with van der Waals surface area (Å²) in [6, 6.07) is 10.2. The number of ketones is 1. The molecule has 3 rings (SSSR count). The van der Waals surface area contributed by atoms with Crippen molar-refractivity contribution in [3.05, 3.63) is 30.3 Å². The molecular formula is C13H13ClO2S. The van der Waals surface area contributed by atoms with Crippen molar-refractivity contribution >= 4 is 29.1 Å². The van der Waals surface area contributed by atoms with Crippen molar-refractivity contribution in [2.75, 3.05) is 0 Å². The third-order valence-corrected chi connectivity index (χ3v) is 5.36. The minimum Gasteiger partial charge on any atom is -0.364 e. The lowest BCUT2D eigenvalue weighted by Crippen LogP contribution is -2.31. The second-order valence-electron chi connectivity index (χ2n) is 4.44. The molecule has 90 valence electrons. The van der Waals surface area contributed by atoms with Gasteiger partial charge >= 0.3 is 0 Å². The lowest BCUT2D eigenvalue weighted by Gasteiger charge is -2.20. The number of Topliss-reactive ketones (excluding diaryl/α,β-unsaturated/α-hetero) is 1. The lowest BCUT2D eigenvalue weighted by molar-refractivity contribution is -0.135. The molecule has 0 radical (unpaired) electrons. The van der Waals surface area contributed by atoms with Crippen molar-refractivity contribution in [3.63, 3.8) is 0 Å². The number of rotatable bonds is 2. The summed E-state index contributed by atoms with van der Waals surface area (Å²) in [4.78, 5) is 12.8. The zero-order chi connectivity index (χ0) is 11.8. The maximum atomic E-state index is 11.6. The van der Waals surface area contributed by atoms with Crippen LogP contribution in [0.3, 0.4) is 0 Å². The summed E-state index contributed by atoms with van der Waals surface area (Å²) >= 11 is 8.09. The van der Waals surface area contributed by atoms with Crippen LogP contribution in [0.25, 0.3) is 0 Å². The summed E-state index contributed by atoms with van der Waals surface area (Å²) in [5, 5.41) is -0.00396. The average molecular weight is 269 g/mol. The van der Waals surface area contributed by atoms with Gasteiger partial charge in [0.1, 0.15) is 6.10 Å². The highest BCUT2D eigenvalue weighted by molar-refractivity contribution is 8.00. The molecule has 0 unspecified atom stereocenters. The largest absolute Gasteiger partial charge is 0.364 e. The minimum atomic E-state index is -0.378. The first-order chi connectivity index (χ1) is 8.25. The van der Waals surface area contributed by atoms with Gasteiger partial charge in [-0.05, 0) is 18.6 Å². The van der Waals surface area contributed by atoms with Gasteiger partial charge < -0.3 is 4.74 Å². The molecule has 0 saturated carbocycles. The number of fused-ring (bicyclic) bond motifs is 2. The number of hydrogen-bond acceptors (Lipinski definition) is 3. The Bertz CT molecular complexity index is 423. The van der Waals surface area contributed by atoms with Crippen molar-refractivity contribution in [3.8, 4) is 0 Å². The van der Waals surface area contributed by atoms with Gasteiger partial charge in [0, 0.05) is 11.3 Å². The average Bonchev–Trinajstić information content (AvgIpc) is 2.61. The van der Waals surface area contributed by atoms with E-state index in [4.69, 9.17) is 16.3 Å². The smallest absolute Gasteiger partial charge is 0.163 e. The summed E-state index contributed by atoms with van der Waals surface area (Å²) in [6.45, 7) is 0. The number of halogens is 1. The predicted molar refractivity (Wildman–Crippen MR) is 68.6 cm³/mol. The first-order valence-corrected chi connectivity index (χ1v) is 7.11. The van der Waals surface area contributed by atoms with Crippen molar-refractivity contribution in [1.29, 1.82) is 0 Å². The monoisotopic (exact) mass is 268 g/mol. The van der Waals surface area contributed by atoms with E-state index in [0.29, 0.717) is 6.42 Å². The van der Waals surface area contributed by atoms with Gasteiger partial charge in [0.15, 0.2) is 5.78 Å². The summed E-state index contributed by atoms with van der Waals surface area (Å²) in [5.74, 6) is 0.164. The number of carbonyl (C=O) groups is 1. The van der Waals surface area contributed by atoms with E-state index in [2.05, 4.69) is 12.1 Å². The number of ether oxygens (including phenoxy) is 1. The van der Waals surface area contributed by atoms with Crippen LogP contribution >= 0.6 is 23.4 Å². The van der Waals surface area contributed by atoms with Gasteiger partial charge in [0.2, 0.25) is 0 Å². The van der Waals surface area contributed by atoms with Crippen LogP contribution in [0.4, 0.5) is 0 Å². The van der Waals surface area contributed by atoms with Crippen molar-refractivity contribution < 1.29 is 9.53 Å². The van der Waals surface area contributed by atoms with E-state index in [1.54, 1.807) is 11.8 Å². The molecule has 0 amide bonds. The predicted octanol–water partition coefficient (Wildman–Crippen LogP) is 2.89. The Labute approximate surface area is 110 Å². The second-order valence-corrected chi connectivity index (χ2v) is 6.20. The second kappa shape index (κ2) is 4.63. The summed E-state index contributed by atoms with van der Waals surface area (Å²) in [5.41, 5.74) is 0. The molecule has 4 atom stereocenters. The molecule has 2 heterocycles. The number of carbonyl (C=O) groups excluding carboxylic acids is 1. The Balaban J connectivity index is 1.78. The molecule has 2 nitrogen and oxygen atoms in total. The summed E-state index contributed by atoms with van der Waals surface area (Å²) < 4.78 is 5.70. The molecular weight excluding hydrogens is 256 g/mol. The van der Waals surface area contributed by atoms with Crippen LogP contribution in [0.15, 0.2) is 35.2 Å². The van der Waals surface area contributed by atoms with E-state index in [1.807, 2.05) is 18.2 Å². The first kappa shape index (κ1) is 11.6. The zero-order valence-corrected chi connectivity index (χ0v) is 10.8. The third-order valence-electron chi connectivity index (χ3n) is 3.30. The number of alkyl halides is 1. The van der Waals surface area contributed by atoms with Gasteiger partial charge in [-0.1, -0.05) is 18.2 Å². The van der Waals surface area contributed by atoms with E-state index in [-0.39, 0.29) is 28.6 Å². The van der Waals surface area contributed by atoms with E-state index in [1.165, 1.54) is 4.90 Å². The lowest BCUT2D eigenvalue weighted by atomic mass is 10.1. The van der Waals surface area contributed by atoms with E-state index in [0.717, 1.165) is 6.42 Å². The molecule has 2 fully saturated rings. The third kappa shape index (κ3) is 2.12. The molecule has 0 aliphatic carbocycles. The summed E-state index contributed by atoms with van der Waals surface area (Å²) in [6.07, 6.45) is 1.18. The van der Waals surface area contributed by atoms with Crippen molar-refractivity contribution in [1.82, 2.24) is 0 Å². The van der Waals surface area contributed by atoms with Gasteiger partial charge in [0.25, 0.3) is 0 Å². The van der Waals surface area contributed by atoms with Gasteiger partial charge in [-0.3, -0.25) is 4.79 Å². The molecule has 2 bridgehead atoms. The fourth-order valence-corrected chi connectivity index (χ4v) is 4.20. The highest BCUT2D eigenvalue weighted by Crippen LogP contribution is 2.43. The molecule has 0 spiro atoms. The Morgan fingerprint density at radius 1 is 1.29 bits per heavy atom. The van der Waals surface area contributed by atoms with Gasteiger partial charge in [-0.25, -0.2) is 0 Å². The van der Waals surface area contributed by atoms with Crippen LogP contribution in [0, 0.1) is 0 Å². The molecule has 1 aromatic rings. The molecule has 17 heavy (non-hydrogen) atoms.